The van der Waals surface area contributed by atoms with Crippen LogP contribution in [0.2, 0.25) is 0 Å². The molecule has 2 aromatic heterocycles. The van der Waals surface area contributed by atoms with E-state index in [-0.39, 0.29) is 0 Å². The molecule has 0 radical (unpaired) electrons. The first-order chi connectivity index (χ1) is 14.1. The lowest BCUT2D eigenvalue weighted by molar-refractivity contribution is 0.100. The maximum absolute atomic E-state index is 11.4. The normalized spacial score (nSPS) is 11.2. The van der Waals surface area contributed by atoms with Crippen molar-refractivity contribution in [2.75, 3.05) is 0 Å². The molecule has 1 amide bonds. The van der Waals surface area contributed by atoms with Crippen molar-refractivity contribution in [2.24, 2.45) is 5.73 Å². The second-order valence-electron chi connectivity index (χ2n) is 7.19. The van der Waals surface area contributed by atoms with Gasteiger partial charge in [-0.05, 0) is 61.0 Å². The van der Waals surface area contributed by atoms with Crippen LogP contribution in [0.25, 0.3) is 38.6 Å². The van der Waals surface area contributed by atoms with Crippen molar-refractivity contribution in [1.29, 1.82) is 0 Å². The molecule has 3 aromatic carbocycles. The van der Waals surface area contributed by atoms with E-state index in [1.807, 2.05) is 36.5 Å². The molecule has 0 atom stereocenters. The van der Waals surface area contributed by atoms with E-state index >= 15 is 0 Å². The average molecular weight is 377 g/mol. The number of primary amides is 1. The Morgan fingerprint density at radius 1 is 0.931 bits per heavy atom. The molecule has 4 nitrogen and oxygen atoms in total. The van der Waals surface area contributed by atoms with E-state index in [4.69, 9.17) is 5.73 Å². The Hall–Kier alpha value is -3.92. The van der Waals surface area contributed by atoms with Gasteiger partial charge in [-0.1, -0.05) is 30.3 Å². The fourth-order valence-electron chi connectivity index (χ4n) is 3.95. The molecule has 0 unspecified atom stereocenters. The number of carbonyl (C=O) groups excluding carboxylic acids is 1. The molecule has 0 aliphatic carbocycles. The molecule has 29 heavy (non-hydrogen) atoms. The number of fused-ring (bicyclic) bond motifs is 2. The predicted molar refractivity (Wildman–Crippen MR) is 117 cm³/mol. The Morgan fingerprint density at radius 2 is 1.72 bits per heavy atom. The van der Waals surface area contributed by atoms with E-state index < -0.39 is 5.91 Å². The van der Waals surface area contributed by atoms with Crippen molar-refractivity contribution in [2.45, 2.75) is 6.92 Å². The quantitative estimate of drug-likeness (QED) is 0.467. The smallest absolute Gasteiger partial charge is 0.248 e. The molecule has 0 spiro atoms. The zero-order valence-electron chi connectivity index (χ0n) is 16.0. The van der Waals surface area contributed by atoms with Gasteiger partial charge < -0.3 is 10.3 Å². The van der Waals surface area contributed by atoms with E-state index in [0.29, 0.717) is 5.56 Å². The van der Waals surface area contributed by atoms with Gasteiger partial charge in [0.1, 0.15) is 0 Å². The maximum Gasteiger partial charge on any atom is 0.248 e. The van der Waals surface area contributed by atoms with Gasteiger partial charge in [0.15, 0.2) is 0 Å². The molecule has 4 heteroatoms. The van der Waals surface area contributed by atoms with Crippen LogP contribution in [0.3, 0.4) is 0 Å². The number of carbonyl (C=O) groups is 1. The number of hydrogen-bond acceptors (Lipinski definition) is 2. The van der Waals surface area contributed by atoms with Gasteiger partial charge in [-0.15, -0.1) is 0 Å². The Labute approximate surface area is 168 Å². The molecule has 2 N–H and O–H groups in total. The van der Waals surface area contributed by atoms with Crippen LogP contribution in [-0.2, 0) is 0 Å². The predicted octanol–water partition coefficient (Wildman–Crippen LogP) is 5.25. The summed E-state index contributed by atoms with van der Waals surface area (Å²) in [5.41, 5.74) is 12.3. The number of rotatable bonds is 3. The molecule has 140 valence electrons. The van der Waals surface area contributed by atoms with Gasteiger partial charge in [0.2, 0.25) is 5.91 Å². The van der Waals surface area contributed by atoms with Crippen molar-refractivity contribution in [3.8, 4) is 16.8 Å². The molecule has 0 fully saturated rings. The monoisotopic (exact) mass is 377 g/mol. The number of amides is 1. The minimum atomic E-state index is -0.420. The van der Waals surface area contributed by atoms with Crippen LogP contribution in [0.1, 0.15) is 16.1 Å². The number of nitrogens with zero attached hydrogens (tertiary/aromatic N) is 2. The fraction of sp³-hybridized carbons (Fsp3) is 0.0400. The molecule has 0 saturated heterocycles. The SMILES string of the molecule is Cc1cc2c(-c3cnc4ccccc4c3)cccc2n1-c1ccc(C(N)=O)cc1. The molecular formula is C25H19N3O. The Kier molecular flexibility index (Phi) is 3.91. The van der Waals surface area contributed by atoms with Crippen molar-refractivity contribution in [1.82, 2.24) is 9.55 Å². The molecule has 0 aliphatic rings. The summed E-state index contributed by atoms with van der Waals surface area (Å²) in [6.07, 6.45) is 1.94. The molecule has 5 aromatic rings. The minimum Gasteiger partial charge on any atom is -0.366 e. The molecule has 0 saturated carbocycles. The maximum atomic E-state index is 11.4. The number of hydrogen-bond donors (Lipinski definition) is 1. The number of benzene rings is 3. The third-order valence-corrected chi connectivity index (χ3v) is 5.34. The van der Waals surface area contributed by atoms with Gasteiger partial charge in [-0.2, -0.15) is 0 Å². The number of aryl methyl sites for hydroxylation is 1. The molecule has 5 rings (SSSR count). The lowest BCUT2D eigenvalue weighted by atomic mass is 10.0. The lowest BCUT2D eigenvalue weighted by Crippen LogP contribution is -2.10. The first-order valence-electron chi connectivity index (χ1n) is 9.48. The third kappa shape index (κ3) is 2.86. The lowest BCUT2D eigenvalue weighted by Gasteiger charge is -2.10. The van der Waals surface area contributed by atoms with Crippen LogP contribution in [0.5, 0.6) is 0 Å². The summed E-state index contributed by atoms with van der Waals surface area (Å²) in [6, 6.07) is 26.2. The van der Waals surface area contributed by atoms with E-state index in [2.05, 4.69) is 52.9 Å². The van der Waals surface area contributed by atoms with Gasteiger partial charge in [-0.3, -0.25) is 9.78 Å². The highest BCUT2D eigenvalue weighted by atomic mass is 16.1. The summed E-state index contributed by atoms with van der Waals surface area (Å²) in [4.78, 5) is 16.0. The zero-order valence-corrected chi connectivity index (χ0v) is 16.0. The largest absolute Gasteiger partial charge is 0.366 e. The number of pyridine rings is 1. The number of nitrogens with two attached hydrogens (primary N) is 1. The number of aromatic nitrogens is 2. The minimum absolute atomic E-state index is 0.420. The van der Waals surface area contributed by atoms with Gasteiger partial charge >= 0.3 is 0 Å². The highest BCUT2D eigenvalue weighted by Gasteiger charge is 2.13. The van der Waals surface area contributed by atoms with Crippen molar-refractivity contribution >= 4 is 27.7 Å². The van der Waals surface area contributed by atoms with E-state index in [1.54, 1.807) is 12.1 Å². The molecule has 0 aliphatic heterocycles. The molecule has 2 heterocycles. The summed E-state index contributed by atoms with van der Waals surface area (Å²) < 4.78 is 2.19. The standard InChI is InChI=1S/C25H19N3O/c1-16-13-22-21(19-14-18-5-2-3-7-23(18)27-15-19)6-4-8-24(22)28(16)20-11-9-17(10-12-20)25(26)29/h2-15H,1H3,(H2,26,29). The van der Waals surface area contributed by atoms with Crippen LogP contribution in [0.15, 0.2) is 85.1 Å². The first-order valence-corrected chi connectivity index (χ1v) is 9.48. The summed E-state index contributed by atoms with van der Waals surface area (Å²) in [7, 11) is 0. The second-order valence-corrected chi connectivity index (χ2v) is 7.19. The zero-order chi connectivity index (χ0) is 20.0. The van der Waals surface area contributed by atoms with Gasteiger partial charge in [-0.25, -0.2) is 0 Å². The topological polar surface area (TPSA) is 60.9 Å². The average Bonchev–Trinajstić information content (AvgIpc) is 3.09. The van der Waals surface area contributed by atoms with Crippen LogP contribution in [0, 0.1) is 6.92 Å². The van der Waals surface area contributed by atoms with Gasteiger partial charge in [0, 0.05) is 39.5 Å². The summed E-state index contributed by atoms with van der Waals surface area (Å²) >= 11 is 0. The van der Waals surface area contributed by atoms with Gasteiger partial charge in [0.05, 0.1) is 11.0 Å². The second kappa shape index (κ2) is 6.60. The van der Waals surface area contributed by atoms with Crippen molar-refractivity contribution in [3.05, 3.63) is 96.3 Å². The first kappa shape index (κ1) is 17.2. The Morgan fingerprint density at radius 3 is 2.52 bits per heavy atom. The van der Waals surface area contributed by atoms with Crippen molar-refractivity contribution in [3.63, 3.8) is 0 Å². The van der Waals surface area contributed by atoms with E-state index in [1.165, 1.54) is 5.39 Å². The van der Waals surface area contributed by atoms with E-state index in [9.17, 15) is 4.79 Å². The molecular weight excluding hydrogens is 358 g/mol. The van der Waals surface area contributed by atoms with Crippen LogP contribution in [0.4, 0.5) is 0 Å². The third-order valence-electron chi connectivity index (χ3n) is 5.34. The highest BCUT2D eigenvalue weighted by molar-refractivity contribution is 5.98. The molecule has 0 bridgehead atoms. The summed E-state index contributed by atoms with van der Waals surface area (Å²) in [5, 5.41) is 2.29. The van der Waals surface area contributed by atoms with Gasteiger partial charge in [0.25, 0.3) is 0 Å². The van der Waals surface area contributed by atoms with Crippen LogP contribution >= 0.6 is 0 Å². The van der Waals surface area contributed by atoms with E-state index in [0.717, 1.165) is 38.9 Å². The highest BCUT2D eigenvalue weighted by Crippen LogP contribution is 2.33. The Balaban J connectivity index is 1.69. The fourth-order valence-corrected chi connectivity index (χ4v) is 3.95. The van der Waals surface area contributed by atoms with Crippen molar-refractivity contribution < 1.29 is 4.79 Å². The summed E-state index contributed by atoms with van der Waals surface area (Å²) in [6.45, 7) is 2.09. The summed E-state index contributed by atoms with van der Waals surface area (Å²) in [5.74, 6) is -0.420. The van der Waals surface area contributed by atoms with Crippen LogP contribution in [-0.4, -0.2) is 15.5 Å². The van der Waals surface area contributed by atoms with Crippen LogP contribution < -0.4 is 5.73 Å². The number of para-hydroxylation sites is 1. The Bertz CT molecular complexity index is 1380.